The van der Waals surface area contributed by atoms with Crippen molar-refractivity contribution in [2.24, 2.45) is 0 Å². The summed E-state index contributed by atoms with van der Waals surface area (Å²) in [5, 5.41) is 2.81. The van der Waals surface area contributed by atoms with Crippen molar-refractivity contribution in [3.05, 3.63) is 34.9 Å². The van der Waals surface area contributed by atoms with Crippen LogP contribution in [0, 0.1) is 13.8 Å². The summed E-state index contributed by atoms with van der Waals surface area (Å²) in [6.45, 7) is 3.64. The fraction of sp³-hybridized carbons (Fsp3) is 0.500. The van der Waals surface area contributed by atoms with Crippen LogP contribution in [0.2, 0.25) is 0 Å². The molecule has 0 spiro atoms. The molecule has 6 heteroatoms. The maximum absolute atomic E-state index is 12.4. The molecule has 0 aliphatic heterocycles. The number of hydrogen-bond acceptors (Lipinski definition) is 5. The Hall–Kier alpha value is -2.24. The number of carbonyl (C=O) groups excluding carboxylic acids is 1. The first-order valence-corrected chi connectivity index (χ1v) is 7.74. The second-order valence-corrected chi connectivity index (χ2v) is 6.19. The fourth-order valence-electron chi connectivity index (χ4n) is 2.55. The molecular formula is C16H18N4O2. The quantitative estimate of drug-likeness (QED) is 0.938. The van der Waals surface area contributed by atoms with E-state index in [-0.39, 0.29) is 11.7 Å². The van der Waals surface area contributed by atoms with Gasteiger partial charge in [0, 0.05) is 23.6 Å². The predicted octanol–water partition coefficient (Wildman–Crippen LogP) is 3.09. The number of nitrogens with zero attached hydrogens (tertiary/aromatic N) is 3. The molecule has 1 amide bonds. The summed E-state index contributed by atoms with van der Waals surface area (Å²) in [6.07, 6.45) is 4.51. The topological polar surface area (TPSA) is 80.9 Å². The lowest BCUT2D eigenvalue weighted by Gasteiger charge is -2.06. The lowest BCUT2D eigenvalue weighted by atomic mass is 10.2. The summed E-state index contributed by atoms with van der Waals surface area (Å²) in [6, 6.07) is 1.86. The highest BCUT2D eigenvalue weighted by molar-refractivity contribution is 6.02. The van der Waals surface area contributed by atoms with Gasteiger partial charge >= 0.3 is 0 Å². The first-order valence-electron chi connectivity index (χ1n) is 7.74. The standard InChI is InChI=1S/C16H18N4O2/c1-8-14(22-16(17-8)11-5-6-11)15(21)20-13-7-12(10-3-4-10)18-9(2)19-13/h7,10-11H,3-6H2,1-2H3,(H,18,19,20,21). The molecule has 0 radical (unpaired) electrons. The van der Waals surface area contributed by atoms with Gasteiger partial charge in [-0.25, -0.2) is 15.0 Å². The molecule has 0 unspecified atom stereocenters. The van der Waals surface area contributed by atoms with Gasteiger partial charge in [-0.15, -0.1) is 0 Å². The molecule has 114 valence electrons. The number of aromatic nitrogens is 3. The summed E-state index contributed by atoms with van der Waals surface area (Å²) in [7, 11) is 0. The molecule has 2 heterocycles. The average molecular weight is 298 g/mol. The van der Waals surface area contributed by atoms with Crippen LogP contribution in [0.25, 0.3) is 0 Å². The van der Waals surface area contributed by atoms with E-state index >= 15 is 0 Å². The van der Waals surface area contributed by atoms with Crippen molar-refractivity contribution in [3.63, 3.8) is 0 Å². The van der Waals surface area contributed by atoms with Crippen molar-refractivity contribution in [2.45, 2.75) is 51.4 Å². The Morgan fingerprint density at radius 2 is 1.86 bits per heavy atom. The highest BCUT2D eigenvalue weighted by Gasteiger charge is 2.31. The Bertz CT molecular complexity index is 745. The third-order valence-corrected chi connectivity index (χ3v) is 4.04. The Morgan fingerprint density at radius 3 is 2.55 bits per heavy atom. The molecule has 0 saturated heterocycles. The zero-order valence-corrected chi connectivity index (χ0v) is 12.7. The molecule has 2 aromatic rings. The first kappa shape index (κ1) is 13.4. The van der Waals surface area contributed by atoms with Gasteiger partial charge < -0.3 is 9.73 Å². The molecule has 2 aliphatic carbocycles. The van der Waals surface area contributed by atoms with Gasteiger partial charge in [-0.1, -0.05) is 0 Å². The van der Waals surface area contributed by atoms with Gasteiger partial charge in [-0.3, -0.25) is 4.79 Å². The molecule has 1 N–H and O–H groups in total. The van der Waals surface area contributed by atoms with E-state index in [1.54, 1.807) is 6.92 Å². The van der Waals surface area contributed by atoms with Crippen LogP contribution in [0.1, 0.15) is 71.2 Å². The molecule has 2 fully saturated rings. The summed E-state index contributed by atoms with van der Waals surface area (Å²) < 4.78 is 5.63. The van der Waals surface area contributed by atoms with Gasteiger partial charge in [0.2, 0.25) is 5.76 Å². The molecular weight excluding hydrogens is 280 g/mol. The number of nitrogens with one attached hydrogen (secondary N) is 1. The molecule has 6 nitrogen and oxygen atoms in total. The smallest absolute Gasteiger partial charge is 0.294 e. The van der Waals surface area contributed by atoms with Crippen molar-refractivity contribution >= 4 is 11.7 Å². The van der Waals surface area contributed by atoms with Gasteiger partial charge in [0.1, 0.15) is 11.6 Å². The van der Waals surface area contributed by atoms with Crippen LogP contribution >= 0.6 is 0 Å². The second kappa shape index (κ2) is 4.90. The normalized spacial score (nSPS) is 17.5. The summed E-state index contributed by atoms with van der Waals surface area (Å²) >= 11 is 0. The number of carbonyl (C=O) groups is 1. The van der Waals surface area contributed by atoms with Crippen LogP contribution in [0.5, 0.6) is 0 Å². The van der Waals surface area contributed by atoms with Gasteiger partial charge in [0.25, 0.3) is 5.91 Å². The Labute approximate surface area is 128 Å². The number of amides is 1. The number of oxazole rings is 1. The monoisotopic (exact) mass is 298 g/mol. The minimum atomic E-state index is -0.295. The van der Waals surface area contributed by atoms with Crippen LogP contribution in [0.15, 0.2) is 10.5 Å². The van der Waals surface area contributed by atoms with E-state index in [0.717, 1.165) is 31.4 Å². The minimum absolute atomic E-state index is 0.283. The van der Waals surface area contributed by atoms with Crippen molar-refractivity contribution in [2.75, 3.05) is 5.32 Å². The molecule has 0 bridgehead atoms. The molecule has 4 rings (SSSR count). The summed E-state index contributed by atoms with van der Waals surface area (Å²) in [4.78, 5) is 25.5. The van der Waals surface area contributed by atoms with Crippen molar-refractivity contribution in [1.29, 1.82) is 0 Å². The summed E-state index contributed by atoms with van der Waals surface area (Å²) in [5.41, 5.74) is 1.64. The van der Waals surface area contributed by atoms with Crippen LogP contribution in [-0.2, 0) is 0 Å². The maximum Gasteiger partial charge on any atom is 0.294 e. The third kappa shape index (κ3) is 2.61. The maximum atomic E-state index is 12.4. The molecule has 0 atom stereocenters. The third-order valence-electron chi connectivity index (χ3n) is 4.04. The Kier molecular flexibility index (Phi) is 2.99. The van der Waals surface area contributed by atoms with E-state index in [0.29, 0.717) is 35.1 Å². The van der Waals surface area contributed by atoms with Crippen LogP contribution in [-0.4, -0.2) is 20.9 Å². The van der Waals surface area contributed by atoms with Crippen LogP contribution in [0.4, 0.5) is 5.82 Å². The number of rotatable bonds is 4. The zero-order chi connectivity index (χ0) is 15.3. The van der Waals surface area contributed by atoms with Crippen LogP contribution in [0.3, 0.4) is 0 Å². The molecule has 2 aromatic heterocycles. The number of anilines is 1. The van der Waals surface area contributed by atoms with Crippen molar-refractivity contribution in [3.8, 4) is 0 Å². The van der Waals surface area contributed by atoms with E-state index in [9.17, 15) is 4.79 Å². The average Bonchev–Trinajstić information content (AvgIpc) is 3.35. The lowest BCUT2D eigenvalue weighted by molar-refractivity contribution is 0.0993. The van der Waals surface area contributed by atoms with Gasteiger partial charge in [0.15, 0.2) is 5.89 Å². The predicted molar refractivity (Wildman–Crippen MR) is 79.9 cm³/mol. The number of hydrogen-bond donors (Lipinski definition) is 1. The number of aryl methyl sites for hydroxylation is 2. The second-order valence-electron chi connectivity index (χ2n) is 6.19. The highest BCUT2D eigenvalue weighted by atomic mass is 16.4. The first-order chi connectivity index (χ1) is 10.6. The van der Waals surface area contributed by atoms with E-state index in [2.05, 4.69) is 20.3 Å². The van der Waals surface area contributed by atoms with E-state index < -0.39 is 0 Å². The van der Waals surface area contributed by atoms with Crippen molar-refractivity contribution < 1.29 is 9.21 Å². The highest BCUT2D eigenvalue weighted by Crippen LogP contribution is 2.40. The van der Waals surface area contributed by atoms with Gasteiger partial charge in [0.05, 0.1) is 5.69 Å². The molecule has 22 heavy (non-hydrogen) atoms. The molecule has 0 aromatic carbocycles. The van der Waals surface area contributed by atoms with Gasteiger partial charge in [-0.05, 0) is 39.5 Å². The zero-order valence-electron chi connectivity index (χ0n) is 12.7. The Morgan fingerprint density at radius 1 is 1.14 bits per heavy atom. The van der Waals surface area contributed by atoms with Gasteiger partial charge in [-0.2, -0.15) is 0 Å². The van der Waals surface area contributed by atoms with Crippen molar-refractivity contribution in [1.82, 2.24) is 15.0 Å². The molecule has 2 saturated carbocycles. The molecule has 2 aliphatic rings. The largest absolute Gasteiger partial charge is 0.435 e. The Balaban J connectivity index is 1.56. The van der Waals surface area contributed by atoms with E-state index in [4.69, 9.17) is 4.42 Å². The van der Waals surface area contributed by atoms with E-state index in [1.165, 1.54) is 0 Å². The minimum Gasteiger partial charge on any atom is -0.435 e. The van der Waals surface area contributed by atoms with Crippen LogP contribution < -0.4 is 5.32 Å². The summed E-state index contributed by atoms with van der Waals surface area (Å²) in [5.74, 6) is 2.78. The van der Waals surface area contributed by atoms with E-state index in [1.807, 2.05) is 13.0 Å². The fourth-order valence-corrected chi connectivity index (χ4v) is 2.55. The lowest BCUT2D eigenvalue weighted by Crippen LogP contribution is -2.14. The SMILES string of the molecule is Cc1nc(NC(=O)c2oc(C3CC3)nc2C)cc(C2CC2)n1.